The summed E-state index contributed by atoms with van der Waals surface area (Å²) < 4.78 is 57.2. The molecule has 0 aliphatic heterocycles. The van der Waals surface area contributed by atoms with Gasteiger partial charge < -0.3 is 10.1 Å². The van der Waals surface area contributed by atoms with Gasteiger partial charge in [-0.3, -0.25) is 4.79 Å². The third kappa shape index (κ3) is 6.50. The second-order valence-electron chi connectivity index (χ2n) is 6.86. The molecule has 1 atom stereocenters. The van der Waals surface area contributed by atoms with Gasteiger partial charge in [-0.2, -0.15) is 8.78 Å². The van der Waals surface area contributed by atoms with E-state index < -0.39 is 28.6 Å². The lowest BCUT2D eigenvalue weighted by atomic mass is 10.0. The smallest absolute Gasteiger partial charge is 0.387 e. The number of para-hydroxylation sites is 1. The summed E-state index contributed by atoms with van der Waals surface area (Å²) in [7, 11) is -3.75. The highest BCUT2D eigenvalue weighted by Gasteiger charge is 2.20. The number of carbonyl (C=O) groups is 1. The van der Waals surface area contributed by atoms with Crippen LogP contribution in [0.3, 0.4) is 0 Å². The monoisotopic (exact) mass is 440 g/mol. The highest BCUT2D eigenvalue weighted by Crippen LogP contribution is 2.28. The Labute approximate surface area is 175 Å². The molecule has 0 heterocycles. The van der Waals surface area contributed by atoms with Crippen molar-refractivity contribution in [2.24, 2.45) is 0 Å². The van der Waals surface area contributed by atoms with E-state index in [1.54, 1.807) is 51.1 Å². The molecular formula is C21H26F2N2O4S. The van der Waals surface area contributed by atoms with Gasteiger partial charge in [0.2, 0.25) is 15.9 Å². The molecule has 2 N–H and O–H groups in total. The fraction of sp³-hybridized carbons (Fsp3) is 0.381. The molecule has 0 aliphatic carbocycles. The van der Waals surface area contributed by atoms with Gasteiger partial charge in [0.25, 0.3) is 0 Å². The average Bonchev–Trinajstić information content (AvgIpc) is 2.68. The van der Waals surface area contributed by atoms with Crippen molar-refractivity contribution >= 4 is 15.9 Å². The molecule has 0 aliphatic rings. The zero-order chi connectivity index (χ0) is 22.3. The van der Waals surface area contributed by atoms with Gasteiger partial charge in [0.15, 0.2) is 0 Å². The number of alkyl halides is 2. The largest absolute Gasteiger partial charge is 0.434 e. The van der Waals surface area contributed by atoms with Crippen LogP contribution in [0.25, 0.3) is 0 Å². The SMILES string of the molecule is CCC(NC(=O)CCNS(=O)(=O)c1cc(C)ccc1C)c1ccccc1OC(F)F. The molecule has 164 valence electrons. The topological polar surface area (TPSA) is 84.5 Å². The molecule has 0 bridgehead atoms. The zero-order valence-corrected chi connectivity index (χ0v) is 17.9. The number of hydrogen-bond acceptors (Lipinski definition) is 4. The highest BCUT2D eigenvalue weighted by atomic mass is 32.2. The molecule has 2 aromatic rings. The molecule has 0 radical (unpaired) electrons. The van der Waals surface area contributed by atoms with E-state index in [2.05, 4.69) is 14.8 Å². The van der Waals surface area contributed by atoms with E-state index in [9.17, 15) is 22.0 Å². The Kier molecular flexibility index (Phi) is 8.31. The summed E-state index contributed by atoms with van der Waals surface area (Å²) >= 11 is 0. The van der Waals surface area contributed by atoms with Crippen LogP contribution in [-0.2, 0) is 14.8 Å². The van der Waals surface area contributed by atoms with Gasteiger partial charge in [-0.25, -0.2) is 13.1 Å². The molecule has 0 saturated heterocycles. The number of hydrogen-bond donors (Lipinski definition) is 2. The number of rotatable bonds is 10. The molecule has 0 fully saturated rings. The summed E-state index contributed by atoms with van der Waals surface area (Å²) in [5.41, 5.74) is 1.86. The number of benzene rings is 2. The molecule has 1 unspecified atom stereocenters. The maximum absolute atomic E-state index is 12.6. The predicted molar refractivity (Wildman–Crippen MR) is 110 cm³/mol. The van der Waals surface area contributed by atoms with Crippen LogP contribution in [0, 0.1) is 13.8 Å². The van der Waals surface area contributed by atoms with Gasteiger partial charge in [0.1, 0.15) is 5.75 Å². The van der Waals surface area contributed by atoms with Crippen LogP contribution in [0.4, 0.5) is 8.78 Å². The number of ether oxygens (including phenoxy) is 1. The normalized spacial score (nSPS) is 12.6. The number of amides is 1. The summed E-state index contributed by atoms with van der Waals surface area (Å²) in [6, 6.07) is 10.8. The van der Waals surface area contributed by atoms with Crippen LogP contribution in [0.15, 0.2) is 47.4 Å². The molecule has 2 rings (SSSR count). The fourth-order valence-electron chi connectivity index (χ4n) is 3.01. The van der Waals surface area contributed by atoms with Gasteiger partial charge in [-0.15, -0.1) is 0 Å². The lowest BCUT2D eigenvalue weighted by Crippen LogP contribution is -2.33. The molecule has 0 spiro atoms. The Morgan fingerprint density at radius 3 is 2.50 bits per heavy atom. The Bertz CT molecular complexity index is 981. The number of nitrogens with one attached hydrogen (secondary N) is 2. The maximum Gasteiger partial charge on any atom is 0.387 e. The van der Waals surface area contributed by atoms with Gasteiger partial charge in [0.05, 0.1) is 10.9 Å². The summed E-state index contributed by atoms with van der Waals surface area (Å²) in [5, 5.41) is 2.74. The Morgan fingerprint density at radius 2 is 1.83 bits per heavy atom. The minimum absolute atomic E-state index is 0.00437. The van der Waals surface area contributed by atoms with Gasteiger partial charge in [0, 0.05) is 18.5 Å². The van der Waals surface area contributed by atoms with Gasteiger partial charge in [-0.05, 0) is 43.5 Å². The van der Waals surface area contributed by atoms with Crippen molar-refractivity contribution in [2.75, 3.05) is 6.54 Å². The van der Waals surface area contributed by atoms with E-state index in [1.165, 1.54) is 6.07 Å². The van der Waals surface area contributed by atoms with Gasteiger partial charge >= 0.3 is 6.61 Å². The standard InChI is InChI=1S/C21H26F2N2O4S/c1-4-17(16-7-5-6-8-18(16)29-21(22)23)25-20(26)11-12-24-30(27,28)19-13-14(2)9-10-15(19)3/h5-10,13,17,21,24H,4,11-12H2,1-3H3,(H,25,26). The van der Waals surface area contributed by atoms with Gasteiger partial charge in [-0.1, -0.05) is 37.3 Å². The lowest BCUT2D eigenvalue weighted by molar-refractivity contribution is -0.121. The third-order valence-electron chi connectivity index (χ3n) is 4.53. The van der Waals surface area contributed by atoms with Crippen LogP contribution in [0.5, 0.6) is 5.75 Å². The minimum atomic E-state index is -3.75. The molecule has 0 aromatic heterocycles. The number of sulfonamides is 1. The summed E-state index contributed by atoms with van der Waals surface area (Å²) in [6.07, 6.45) is 0.349. The molecule has 30 heavy (non-hydrogen) atoms. The number of halogens is 2. The van der Waals surface area contributed by atoms with Crippen molar-refractivity contribution in [3.8, 4) is 5.75 Å². The van der Waals surface area contributed by atoms with E-state index in [0.29, 0.717) is 17.5 Å². The van der Waals surface area contributed by atoms with Crippen molar-refractivity contribution in [3.05, 3.63) is 59.2 Å². The van der Waals surface area contributed by atoms with Crippen LogP contribution in [-0.4, -0.2) is 27.5 Å². The van der Waals surface area contributed by atoms with Crippen molar-refractivity contribution in [2.45, 2.75) is 51.2 Å². The van der Waals surface area contributed by atoms with E-state index >= 15 is 0 Å². The first-order valence-corrected chi connectivity index (χ1v) is 11.0. The molecule has 6 nitrogen and oxygen atoms in total. The summed E-state index contributed by atoms with van der Waals surface area (Å²) in [6.45, 7) is 2.23. The second-order valence-corrected chi connectivity index (χ2v) is 8.60. The van der Waals surface area contributed by atoms with Crippen molar-refractivity contribution in [1.82, 2.24) is 10.0 Å². The third-order valence-corrected chi connectivity index (χ3v) is 6.13. The average molecular weight is 441 g/mol. The van der Waals surface area contributed by atoms with E-state index in [4.69, 9.17) is 0 Å². The van der Waals surface area contributed by atoms with E-state index in [-0.39, 0.29) is 23.6 Å². The van der Waals surface area contributed by atoms with E-state index in [0.717, 1.165) is 5.56 Å². The fourth-order valence-corrected chi connectivity index (χ4v) is 4.37. The van der Waals surface area contributed by atoms with Crippen molar-refractivity contribution in [1.29, 1.82) is 0 Å². The first kappa shape index (κ1) is 23.8. The highest BCUT2D eigenvalue weighted by molar-refractivity contribution is 7.89. The maximum atomic E-state index is 12.6. The van der Waals surface area contributed by atoms with Crippen molar-refractivity contribution in [3.63, 3.8) is 0 Å². The van der Waals surface area contributed by atoms with Crippen LogP contribution >= 0.6 is 0 Å². The van der Waals surface area contributed by atoms with Crippen LogP contribution in [0.2, 0.25) is 0 Å². The first-order valence-electron chi connectivity index (χ1n) is 9.54. The van der Waals surface area contributed by atoms with Crippen LogP contribution in [0.1, 0.15) is 42.5 Å². The molecule has 0 saturated carbocycles. The van der Waals surface area contributed by atoms with Crippen LogP contribution < -0.4 is 14.8 Å². The molecular weight excluding hydrogens is 414 g/mol. The molecule has 1 amide bonds. The summed E-state index contributed by atoms with van der Waals surface area (Å²) in [5.74, 6) is -0.410. The molecule has 9 heteroatoms. The quantitative estimate of drug-likeness (QED) is 0.588. The predicted octanol–water partition coefficient (Wildman–Crippen LogP) is 3.84. The Hall–Kier alpha value is -2.52. The van der Waals surface area contributed by atoms with E-state index in [1.807, 2.05) is 6.07 Å². The summed E-state index contributed by atoms with van der Waals surface area (Å²) in [4.78, 5) is 12.5. The Morgan fingerprint density at radius 1 is 1.13 bits per heavy atom. The number of carbonyl (C=O) groups excluding carboxylic acids is 1. The zero-order valence-electron chi connectivity index (χ0n) is 17.1. The minimum Gasteiger partial charge on any atom is -0.434 e. The first-order chi connectivity index (χ1) is 14.1. The molecule has 2 aromatic carbocycles. The second kappa shape index (κ2) is 10.5. The Balaban J connectivity index is 1.99. The van der Waals surface area contributed by atoms with Crippen molar-refractivity contribution < 1.29 is 26.7 Å². The lowest BCUT2D eigenvalue weighted by Gasteiger charge is -2.20. The number of aryl methyl sites for hydroxylation is 2.